The maximum Gasteiger partial charge on any atom is 0.0540 e. The Kier molecular flexibility index (Phi) is 15.6. The van der Waals surface area contributed by atoms with Gasteiger partial charge in [-0.2, -0.15) is 0 Å². The Labute approximate surface area is 499 Å². The van der Waals surface area contributed by atoms with Gasteiger partial charge in [0.2, 0.25) is 0 Å². The third-order valence-corrected chi connectivity index (χ3v) is 15.7. The summed E-state index contributed by atoms with van der Waals surface area (Å²) in [6.45, 7) is 4.53. The van der Waals surface area contributed by atoms with Gasteiger partial charge >= 0.3 is 0 Å². The molecule has 13 rings (SSSR count). The lowest BCUT2D eigenvalue weighted by molar-refractivity contribution is 1.10. The van der Waals surface area contributed by atoms with Gasteiger partial charge in [0, 0.05) is 68.5 Å². The first kappa shape index (κ1) is 53.1. The molecule has 0 radical (unpaired) electrons. The molecule has 4 heteroatoms. The van der Waals surface area contributed by atoms with Gasteiger partial charge < -0.3 is 19.6 Å². The van der Waals surface area contributed by atoms with Gasteiger partial charge in [-0.3, -0.25) is 0 Å². The molecule has 0 aromatic heterocycles. The summed E-state index contributed by atoms with van der Waals surface area (Å²) in [5.41, 5.74) is 19.1. The minimum absolute atomic E-state index is 0.738. The zero-order chi connectivity index (χ0) is 57.2. The van der Waals surface area contributed by atoms with E-state index in [4.69, 9.17) is 0 Å². The minimum Gasteiger partial charge on any atom is -0.338 e. The summed E-state index contributed by atoms with van der Waals surface area (Å²) in [5, 5.41) is 4.77. The third kappa shape index (κ3) is 11.5. The molecule has 0 aliphatic rings. The topological polar surface area (TPSA) is 13.0 Å². The molecular weight excluding hydrogens is 1030 g/mol. The van der Waals surface area contributed by atoms with Crippen molar-refractivity contribution in [3.63, 3.8) is 0 Å². The second-order valence-electron chi connectivity index (χ2n) is 21.0. The molecule has 0 bridgehead atoms. The van der Waals surface area contributed by atoms with Crippen LogP contribution in [0.3, 0.4) is 0 Å². The molecule has 0 spiro atoms. The molecule has 0 aliphatic heterocycles. The Balaban J connectivity index is 0.782. The van der Waals surface area contributed by atoms with Crippen molar-refractivity contribution in [2.24, 2.45) is 0 Å². The predicted molar refractivity (Wildman–Crippen MR) is 364 cm³/mol. The van der Waals surface area contributed by atoms with E-state index in [1.807, 2.05) is 12.2 Å². The van der Waals surface area contributed by atoms with Gasteiger partial charge in [-0.25, -0.2) is 0 Å². The van der Waals surface area contributed by atoms with Crippen LogP contribution in [0.4, 0.5) is 62.6 Å². The van der Waals surface area contributed by atoms with Crippen LogP contribution < -0.4 is 19.6 Å². The van der Waals surface area contributed by atoms with Gasteiger partial charge in [0.15, 0.2) is 0 Å². The highest BCUT2D eigenvalue weighted by Crippen LogP contribution is 2.44. The Hall–Kier alpha value is -11.2. The monoisotopic (exact) mass is 1090 g/mol. The summed E-state index contributed by atoms with van der Waals surface area (Å²) < 4.78 is 0. The maximum atomic E-state index is 3.79. The van der Waals surface area contributed by atoms with Crippen LogP contribution in [0.5, 0.6) is 0 Å². The summed E-state index contributed by atoms with van der Waals surface area (Å²) in [4.78, 5) is 9.38. The fraction of sp³-hybridized carbons (Fsp3) is 0.0123. The van der Waals surface area contributed by atoms with Gasteiger partial charge in [0.1, 0.15) is 0 Å². The number of anilines is 11. The van der Waals surface area contributed by atoms with E-state index in [1.165, 1.54) is 21.5 Å². The molecule has 0 unspecified atom stereocenters. The second kappa shape index (κ2) is 24.9. The first-order valence-electron chi connectivity index (χ1n) is 29.0. The molecule has 4 nitrogen and oxygen atoms in total. The minimum atomic E-state index is 0.738. The molecule has 0 amide bonds. The van der Waals surface area contributed by atoms with E-state index in [9.17, 15) is 0 Å². The standard InChI is InChI=1S/C81H62N4/c1-2-3-4-5-19-60-82(69-26-9-6-10-27-69)70-48-36-61(37-49-70)63-40-52-74(53-41-63)84(80-34-20-24-67-22-15-17-32-78(67)80)76-56-44-65(45-57-76)66-46-58-77(59-47-66)85(81-35-21-25-68-23-16-18-33-79(68)81)75-54-42-64(43-55-75)62-38-50-73(51-39-62)83(71-28-11-7-12-29-71)72-30-13-8-14-31-72/h2-59H,1,60H2/b4-3-,19-5-. The van der Waals surface area contributed by atoms with Crippen molar-refractivity contribution >= 4 is 84.1 Å². The number of allylic oxidation sites excluding steroid dienone is 4. The molecule has 0 fully saturated rings. The van der Waals surface area contributed by atoms with Crippen LogP contribution in [0.1, 0.15) is 0 Å². The van der Waals surface area contributed by atoms with Gasteiger partial charge in [-0.1, -0.05) is 237 Å². The molecule has 0 N–H and O–H groups in total. The van der Waals surface area contributed by atoms with Gasteiger partial charge in [-0.05, 0) is 165 Å². The normalized spacial score (nSPS) is 11.3. The lowest BCUT2D eigenvalue weighted by Gasteiger charge is -2.28. The molecular formula is C81H62N4. The van der Waals surface area contributed by atoms with E-state index in [2.05, 4.69) is 360 Å². The average Bonchev–Trinajstić information content (AvgIpc) is 3.03. The summed E-state index contributed by atoms with van der Waals surface area (Å²) in [5.74, 6) is 0. The van der Waals surface area contributed by atoms with E-state index in [1.54, 1.807) is 6.08 Å². The van der Waals surface area contributed by atoms with Crippen LogP contribution >= 0.6 is 0 Å². The molecule has 0 saturated heterocycles. The van der Waals surface area contributed by atoms with Crippen molar-refractivity contribution in [3.05, 3.63) is 358 Å². The summed E-state index contributed by atoms with van der Waals surface area (Å²) >= 11 is 0. The average molecular weight is 1090 g/mol. The molecule has 0 heterocycles. The maximum absolute atomic E-state index is 3.79. The summed E-state index contributed by atoms with van der Waals surface area (Å²) in [7, 11) is 0. The lowest BCUT2D eigenvalue weighted by Crippen LogP contribution is -2.16. The Morgan fingerprint density at radius 3 is 0.882 bits per heavy atom. The highest BCUT2D eigenvalue weighted by atomic mass is 15.2. The highest BCUT2D eigenvalue weighted by molar-refractivity contribution is 6.01. The number of hydrogen-bond acceptors (Lipinski definition) is 4. The number of hydrogen-bond donors (Lipinski definition) is 0. The van der Waals surface area contributed by atoms with Gasteiger partial charge in [0.25, 0.3) is 0 Å². The van der Waals surface area contributed by atoms with Crippen molar-refractivity contribution in [1.82, 2.24) is 0 Å². The number of para-hydroxylation sites is 3. The van der Waals surface area contributed by atoms with E-state index in [0.717, 1.165) is 102 Å². The number of nitrogens with zero attached hydrogens (tertiary/aromatic N) is 4. The Morgan fingerprint density at radius 1 is 0.235 bits per heavy atom. The van der Waals surface area contributed by atoms with Gasteiger partial charge in [0.05, 0.1) is 11.4 Å². The van der Waals surface area contributed by atoms with Crippen molar-refractivity contribution in [3.8, 4) is 33.4 Å². The SMILES string of the molecule is C=C/C=C\C=C/CN(c1ccccc1)c1ccc(-c2ccc(N(c3ccc(-c4ccc(N(c5ccc(-c6ccc(N(c7ccccc7)c7ccccc7)cc6)cc5)c5cccc6ccccc56)cc4)cc3)c3cccc4ccccc34)cc2)cc1. The number of rotatable bonds is 18. The van der Waals surface area contributed by atoms with E-state index in [-0.39, 0.29) is 0 Å². The third-order valence-electron chi connectivity index (χ3n) is 15.7. The first-order valence-corrected chi connectivity index (χ1v) is 29.0. The largest absolute Gasteiger partial charge is 0.338 e. The van der Waals surface area contributed by atoms with Crippen LogP contribution in [0.25, 0.3) is 54.9 Å². The van der Waals surface area contributed by atoms with Crippen molar-refractivity contribution in [2.75, 3.05) is 26.1 Å². The summed E-state index contributed by atoms with van der Waals surface area (Å²) in [6, 6.07) is 116. The highest BCUT2D eigenvalue weighted by Gasteiger charge is 2.20. The van der Waals surface area contributed by atoms with E-state index in [0.29, 0.717) is 0 Å². The first-order chi connectivity index (χ1) is 42.1. The van der Waals surface area contributed by atoms with Crippen molar-refractivity contribution in [2.45, 2.75) is 0 Å². The number of benzene rings is 13. The molecule has 0 saturated carbocycles. The zero-order valence-electron chi connectivity index (χ0n) is 47.2. The smallest absolute Gasteiger partial charge is 0.0540 e. The van der Waals surface area contributed by atoms with Gasteiger partial charge in [-0.15, -0.1) is 0 Å². The quantitative estimate of drug-likeness (QED) is 0.0794. The van der Waals surface area contributed by atoms with E-state index >= 15 is 0 Å². The van der Waals surface area contributed by atoms with Crippen LogP contribution in [0.15, 0.2) is 358 Å². The zero-order valence-corrected chi connectivity index (χ0v) is 47.2. The number of fused-ring (bicyclic) bond motifs is 2. The molecule has 406 valence electrons. The van der Waals surface area contributed by atoms with Crippen LogP contribution in [0.2, 0.25) is 0 Å². The van der Waals surface area contributed by atoms with Crippen LogP contribution in [-0.2, 0) is 0 Å². The van der Waals surface area contributed by atoms with Crippen molar-refractivity contribution < 1.29 is 0 Å². The predicted octanol–water partition coefficient (Wildman–Crippen LogP) is 22.8. The fourth-order valence-corrected chi connectivity index (χ4v) is 11.5. The molecule has 13 aromatic rings. The molecule has 85 heavy (non-hydrogen) atoms. The lowest BCUT2D eigenvalue weighted by atomic mass is 10.0. The summed E-state index contributed by atoms with van der Waals surface area (Å²) in [6.07, 6.45) is 9.98. The molecule has 0 atom stereocenters. The molecule has 0 aliphatic carbocycles. The van der Waals surface area contributed by atoms with Crippen LogP contribution in [-0.4, -0.2) is 6.54 Å². The molecule has 13 aromatic carbocycles. The van der Waals surface area contributed by atoms with Crippen molar-refractivity contribution in [1.29, 1.82) is 0 Å². The fourth-order valence-electron chi connectivity index (χ4n) is 11.5. The Morgan fingerprint density at radius 2 is 0.518 bits per heavy atom. The van der Waals surface area contributed by atoms with E-state index < -0.39 is 0 Å². The Bertz CT molecular complexity index is 4360. The van der Waals surface area contributed by atoms with Crippen LogP contribution in [0, 0.1) is 0 Å². The second-order valence-corrected chi connectivity index (χ2v) is 21.0.